The van der Waals surface area contributed by atoms with Crippen molar-refractivity contribution in [1.29, 1.82) is 0 Å². The van der Waals surface area contributed by atoms with Gasteiger partial charge in [0, 0.05) is 29.5 Å². The fraction of sp³-hybridized carbons (Fsp3) is 0.562. The summed E-state index contributed by atoms with van der Waals surface area (Å²) in [7, 11) is -3.28. The van der Waals surface area contributed by atoms with Crippen molar-refractivity contribution in [2.24, 2.45) is 10.7 Å². The third kappa shape index (κ3) is 5.85. The normalized spacial score (nSPS) is 18.7. The molecule has 2 rings (SSSR count). The number of guanidine groups is 1. The molecular formula is C16H24Cl2IN3O3S. The Kier molecular flexibility index (Phi) is 8.92. The van der Waals surface area contributed by atoms with Gasteiger partial charge in [0.2, 0.25) is 0 Å². The molecule has 0 saturated carbocycles. The van der Waals surface area contributed by atoms with E-state index in [-0.39, 0.29) is 42.5 Å². The van der Waals surface area contributed by atoms with Crippen molar-refractivity contribution in [1.82, 2.24) is 5.32 Å². The molecule has 1 atom stereocenters. The molecule has 1 aromatic carbocycles. The van der Waals surface area contributed by atoms with E-state index >= 15 is 0 Å². The van der Waals surface area contributed by atoms with Crippen molar-refractivity contribution in [2.45, 2.75) is 30.6 Å². The van der Waals surface area contributed by atoms with Crippen molar-refractivity contribution >= 4 is 63.0 Å². The zero-order chi connectivity index (χ0) is 18.7. The molecule has 10 heteroatoms. The highest BCUT2D eigenvalue weighted by Crippen LogP contribution is 2.30. The summed E-state index contributed by atoms with van der Waals surface area (Å²) in [6, 6.07) is 5.02. The first-order valence-electron chi connectivity index (χ1n) is 7.93. The van der Waals surface area contributed by atoms with Gasteiger partial charge >= 0.3 is 0 Å². The van der Waals surface area contributed by atoms with Crippen LogP contribution >= 0.6 is 47.2 Å². The molecule has 1 saturated heterocycles. The van der Waals surface area contributed by atoms with E-state index in [1.165, 1.54) is 6.26 Å². The molecule has 0 radical (unpaired) electrons. The summed E-state index contributed by atoms with van der Waals surface area (Å²) in [6.07, 6.45) is 2.08. The zero-order valence-corrected chi connectivity index (χ0v) is 19.3. The van der Waals surface area contributed by atoms with Gasteiger partial charge in [0.15, 0.2) is 15.8 Å². The third-order valence-corrected chi connectivity index (χ3v) is 7.19. The van der Waals surface area contributed by atoms with E-state index in [9.17, 15) is 8.42 Å². The van der Waals surface area contributed by atoms with E-state index in [0.717, 1.165) is 5.56 Å². The average molecular weight is 536 g/mol. The third-order valence-electron chi connectivity index (χ3n) is 4.52. The Balaban J connectivity index is 0.00000338. The lowest BCUT2D eigenvalue weighted by molar-refractivity contribution is 0.0768. The quantitative estimate of drug-likeness (QED) is 0.343. The Morgan fingerprint density at radius 2 is 2.00 bits per heavy atom. The molecule has 1 fully saturated rings. The van der Waals surface area contributed by atoms with Gasteiger partial charge in [-0.1, -0.05) is 29.3 Å². The average Bonchev–Trinajstić information content (AvgIpc) is 2.52. The molecule has 148 valence electrons. The lowest BCUT2D eigenvalue weighted by atomic mass is 9.99. The largest absolute Gasteiger partial charge is 0.381 e. The molecule has 1 aliphatic rings. The second-order valence-corrected chi connectivity index (χ2v) is 9.55. The lowest BCUT2D eigenvalue weighted by Gasteiger charge is -2.34. The Labute approximate surface area is 181 Å². The Morgan fingerprint density at radius 1 is 1.38 bits per heavy atom. The van der Waals surface area contributed by atoms with Gasteiger partial charge in [0.1, 0.15) is 0 Å². The van der Waals surface area contributed by atoms with Crippen LogP contribution in [0.2, 0.25) is 10.0 Å². The van der Waals surface area contributed by atoms with Crippen LogP contribution in [0.5, 0.6) is 0 Å². The molecule has 0 aromatic heterocycles. The highest BCUT2D eigenvalue weighted by atomic mass is 127. The van der Waals surface area contributed by atoms with E-state index < -0.39 is 14.6 Å². The minimum absolute atomic E-state index is 0. The minimum atomic E-state index is -3.28. The Morgan fingerprint density at radius 3 is 2.54 bits per heavy atom. The second kappa shape index (κ2) is 9.77. The van der Waals surface area contributed by atoms with Gasteiger partial charge < -0.3 is 15.8 Å². The number of sulfone groups is 1. The standard InChI is InChI=1S/C16H23Cl2N3O3S.HI/c1-11(13-4-3-12(17)9-14(13)18)21-15(19)20-10-16(25(2,22)23)5-7-24-8-6-16;/h3-4,9,11H,5-8,10H2,1-2H3,(H3,19,20,21);1H. The lowest BCUT2D eigenvalue weighted by Crippen LogP contribution is -2.47. The van der Waals surface area contributed by atoms with Gasteiger partial charge in [0.25, 0.3) is 0 Å². The van der Waals surface area contributed by atoms with Crippen LogP contribution in [0.15, 0.2) is 23.2 Å². The molecule has 3 N–H and O–H groups in total. The van der Waals surface area contributed by atoms with Crippen molar-refractivity contribution in [3.63, 3.8) is 0 Å². The van der Waals surface area contributed by atoms with Gasteiger partial charge in [-0.3, -0.25) is 4.99 Å². The number of nitrogens with one attached hydrogen (secondary N) is 1. The molecule has 0 spiro atoms. The number of hydrogen-bond acceptors (Lipinski definition) is 4. The molecular weight excluding hydrogens is 512 g/mol. The van der Waals surface area contributed by atoms with Gasteiger partial charge in [-0.25, -0.2) is 8.42 Å². The first kappa shape index (κ1) is 23.7. The summed E-state index contributed by atoms with van der Waals surface area (Å²) in [4.78, 5) is 4.28. The van der Waals surface area contributed by atoms with E-state index in [0.29, 0.717) is 36.1 Å². The Hall–Kier alpha value is -0.290. The zero-order valence-electron chi connectivity index (χ0n) is 14.7. The van der Waals surface area contributed by atoms with Crippen LogP contribution in [0.1, 0.15) is 31.4 Å². The molecule has 1 aliphatic heterocycles. The summed E-state index contributed by atoms with van der Waals surface area (Å²) in [5, 5.41) is 4.12. The minimum Gasteiger partial charge on any atom is -0.381 e. The van der Waals surface area contributed by atoms with Crippen LogP contribution in [0.4, 0.5) is 0 Å². The van der Waals surface area contributed by atoms with Crippen LogP contribution in [-0.4, -0.2) is 45.1 Å². The van der Waals surface area contributed by atoms with Crippen molar-refractivity contribution in [3.05, 3.63) is 33.8 Å². The van der Waals surface area contributed by atoms with Crippen LogP contribution in [0.25, 0.3) is 0 Å². The maximum atomic E-state index is 12.2. The smallest absolute Gasteiger partial charge is 0.189 e. The van der Waals surface area contributed by atoms with E-state index in [4.69, 9.17) is 33.7 Å². The van der Waals surface area contributed by atoms with Crippen molar-refractivity contribution < 1.29 is 13.2 Å². The summed E-state index contributed by atoms with van der Waals surface area (Å²) in [5.41, 5.74) is 6.78. The molecule has 1 unspecified atom stereocenters. The topological polar surface area (TPSA) is 93.8 Å². The highest BCUT2D eigenvalue weighted by Gasteiger charge is 2.42. The van der Waals surface area contributed by atoms with Gasteiger partial charge in [-0.15, -0.1) is 24.0 Å². The van der Waals surface area contributed by atoms with Crippen LogP contribution < -0.4 is 11.1 Å². The monoisotopic (exact) mass is 535 g/mol. The second-order valence-electron chi connectivity index (χ2n) is 6.30. The number of nitrogens with zero attached hydrogens (tertiary/aromatic N) is 1. The number of ether oxygens (including phenoxy) is 1. The van der Waals surface area contributed by atoms with Crippen LogP contribution in [0.3, 0.4) is 0 Å². The molecule has 0 amide bonds. The molecule has 26 heavy (non-hydrogen) atoms. The van der Waals surface area contributed by atoms with Crippen LogP contribution in [0, 0.1) is 0 Å². The van der Waals surface area contributed by atoms with Gasteiger partial charge in [0.05, 0.1) is 17.3 Å². The fourth-order valence-electron chi connectivity index (χ4n) is 2.82. The number of hydrogen-bond donors (Lipinski definition) is 2. The number of benzene rings is 1. The van der Waals surface area contributed by atoms with Gasteiger partial charge in [-0.05, 0) is 37.5 Å². The number of nitrogens with two attached hydrogens (primary N) is 1. The summed E-state index contributed by atoms with van der Waals surface area (Å²) < 4.78 is 28.8. The maximum absolute atomic E-state index is 12.2. The number of halogens is 3. The van der Waals surface area contributed by atoms with E-state index in [1.54, 1.807) is 12.1 Å². The first-order chi connectivity index (χ1) is 11.6. The summed E-state index contributed by atoms with van der Waals surface area (Å²) in [5.74, 6) is 0.174. The highest BCUT2D eigenvalue weighted by molar-refractivity contribution is 14.0. The molecule has 6 nitrogen and oxygen atoms in total. The van der Waals surface area contributed by atoms with Gasteiger partial charge in [-0.2, -0.15) is 0 Å². The number of aliphatic imine (C=N–C) groups is 1. The van der Waals surface area contributed by atoms with Crippen molar-refractivity contribution in [3.8, 4) is 0 Å². The van der Waals surface area contributed by atoms with E-state index in [2.05, 4.69) is 10.3 Å². The van der Waals surface area contributed by atoms with Crippen LogP contribution in [-0.2, 0) is 14.6 Å². The summed E-state index contributed by atoms with van der Waals surface area (Å²) >= 11 is 12.1. The van der Waals surface area contributed by atoms with Crippen molar-refractivity contribution in [2.75, 3.05) is 26.0 Å². The maximum Gasteiger partial charge on any atom is 0.189 e. The molecule has 1 heterocycles. The SMILES string of the molecule is CC(NC(N)=NCC1(S(C)(=O)=O)CCOCC1)c1ccc(Cl)cc1Cl.I. The molecule has 0 aliphatic carbocycles. The number of rotatable bonds is 5. The summed E-state index contributed by atoms with van der Waals surface area (Å²) in [6.45, 7) is 2.81. The Bertz CT molecular complexity index is 753. The van der Waals surface area contributed by atoms with E-state index in [1.807, 2.05) is 13.0 Å². The first-order valence-corrected chi connectivity index (χ1v) is 10.6. The fourth-order valence-corrected chi connectivity index (χ4v) is 4.60. The predicted octanol–water partition coefficient (Wildman–Crippen LogP) is 3.17. The molecule has 1 aromatic rings. The predicted molar refractivity (Wildman–Crippen MR) is 118 cm³/mol. The molecule has 0 bridgehead atoms.